The Balaban J connectivity index is 2.51. The fourth-order valence-electron chi connectivity index (χ4n) is 2.11. The molecule has 0 aromatic carbocycles. The summed E-state index contributed by atoms with van der Waals surface area (Å²) in [6.45, 7) is 16.7. The number of rotatable bonds is 4. The highest BCUT2D eigenvalue weighted by Crippen LogP contribution is 2.37. The molecule has 0 aliphatic carbocycles. The number of hydrogen-bond acceptors (Lipinski definition) is 3. The van der Waals surface area contributed by atoms with Crippen LogP contribution in [0.25, 0.3) is 0 Å². The molecule has 5 heteroatoms. The van der Waals surface area contributed by atoms with E-state index in [1.54, 1.807) is 0 Å². The van der Waals surface area contributed by atoms with Gasteiger partial charge in [0.25, 0.3) is 0 Å². The summed E-state index contributed by atoms with van der Waals surface area (Å²) >= 11 is 3.43. The first-order valence-electron chi connectivity index (χ1n) is 6.97. The molecule has 1 saturated heterocycles. The summed E-state index contributed by atoms with van der Waals surface area (Å²) < 4.78 is 6.42. The monoisotopic (exact) mass is 348 g/mol. The van der Waals surface area contributed by atoms with Gasteiger partial charge in [-0.2, -0.15) is 0 Å². The maximum Gasteiger partial charge on any atom is 0.192 e. The van der Waals surface area contributed by atoms with E-state index in [0.29, 0.717) is 6.10 Å². The summed E-state index contributed by atoms with van der Waals surface area (Å²) in [5.74, 6) is 0. The van der Waals surface area contributed by atoms with Gasteiger partial charge in [0.2, 0.25) is 0 Å². The molecule has 0 radical (unpaired) electrons. The van der Waals surface area contributed by atoms with Crippen LogP contribution >= 0.6 is 15.9 Å². The molecule has 1 atom stereocenters. The van der Waals surface area contributed by atoms with Crippen molar-refractivity contribution < 1.29 is 4.43 Å². The van der Waals surface area contributed by atoms with Crippen molar-refractivity contribution in [3.8, 4) is 0 Å². The third-order valence-electron chi connectivity index (χ3n) is 4.23. The molecular formula is C14H29BrN2OSi. The third kappa shape index (κ3) is 4.58. The van der Waals surface area contributed by atoms with Crippen molar-refractivity contribution in [2.24, 2.45) is 0 Å². The summed E-state index contributed by atoms with van der Waals surface area (Å²) in [4.78, 5) is 6.73. The molecule has 0 amide bonds. The summed E-state index contributed by atoms with van der Waals surface area (Å²) in [6.07, 6.45) is 0.295. The van der Waals surface area contributed by atoms with E-state index in [4.69, 9.17) is 4.43 Å². The molecule has 1 aliphatic rings. The predicted octanol–water partition coefficient (Wildman–Crippen LogP) is 3.84. The second-order valence-electron chi connectivity index (χ2n) is 7.14. The van der Waals surface area contributed by atoms with Crippen molar-refractivity contribution in [1.29, 1.82) is 0 Å². The van der Waals surface area contributed by atoms with Gasteiger partial charge in [-0.3, -0.25) is 4.90 Å². The molecule has 3 nitrogen and oxygen atoms in total. The van der Waals surface area contributed by atoms with Crippen LogP contribution in [0.5, 0.6) is 0 Å². The summed E-state index contributed by atoms with van der Waals surface area (Å²) in [7, 11) is 0.485. The summed E-state index contributed by atoms with van der Waals surface area (Å²) in [5.41, 5.74) is 1.33. The van der Waals surface area contributed by atoms with Crippen LogP contribution in [0.15, 0.2) is 10.7 Å². The fourth-order valence-corrected chi connectivity index (χ4v) is 4.04. The Hall–Kier alpha value is 0.157. The van der Waals surface area contributed by atoms with Gasteiger partial charge in [-0.25, -0.2) is 0 Å². The summed E-state index contributed by atoms with van der Waals surface area (Å²) in [5, 5.41) is 0.282. The van der Waals surface area contributed by atoms with Crippen LogP contribution < -0.4 is 0 Å². The SMILES string of the molecule is CC(CN1C/C(=C/Br)N(C)C1)O[Si](C)(C)C(C)(C)C. The molecule has 0 N–H and O–H groups in total. The number of nitrogens with zero attached hydrogens (tertiary/aromatic N) is 2. The van der Waals surface area contributed by atoms with E-state index < -0.39 is 8.32 Å². The molecule has 0 spiro atoms. The first kappa shape index (κ1) is 17.2. The van der Waals surface area contributed by atoms with Gasteiger partial charge in [0, 0.05) is 30.8 Å². The Bertz CT molecular complexity index is 339. The Morgan fingerprint density at radius 2 is 2.00 bits per heavy atom. The van der Waals surface area contributed by atoms with Crippen molar-refractivity contribution >= 4 is 24.2 Å². The van der Waals surface area contributed by atoms with E-state index in [0.717, 1.165) is 19.8 Å². The van der Waals surface area contributed by atoms with E-state index >= 15 is 0 Å². The van der Waals surface area contributed by atoms with Crippen LogP contribution in [0.1, 0.15) is 27.7 Å². The minimum absolute atomic E-state index is 0.282. The lowest BCUT2D eigenvalue weighted by Gasteiger charge is -2.39. The van der Waals surface area contributed by atoms with E-state index in [2.05, 4.69) is 73.6 Å². The largest absolute Gasteiger partial charge is 0.413 e. The van der Waals surface area contributed by atoms with E-state index in [1.165, 1.54) is 5.70 Å². The molecule has 19 heavy (non-hydrogen) atoms. The lowest BCUT2D eigenvalue weighted by atomic mass is 10.2. The van der Waals surface area contributed by atoms with Crippen molar-refractivity contribution in [2.75, 3.05) is 26.8 Å². The number of likely N-dealkylation sites (N-methyl/N-ethyl adjacent to an activating group) is 1. The van der Waals surface area contributed by atoms with Crippen LogP contribution in [0.4, 0.5) is 0 Å². The van der Waals surface area contributed by atoms with Gasteiger partial charge in [0.05, 0.1) is 12.8 Å². The maximum atomic E-state index is 6.42. The molecule has 1 rings (SSSR count). The molecule has 1 fully saturated rings. The van der Waals surface area contributed by atoms with E-state index in [9.17, 15) is 0 Å². The fraction of sp³-hybridized carbons (Fsp3) is 0.857. The van der Waals surface area contributed by atoms with E-state index in [1.807, 2.05) is 4.99 Å². The van der Waals surface area contributed by atoms with Gasteiger partial charge in [-0.05, 0) is 25.1 Å². The van der Waals surface area contributed by atoms with Gasteiger partial charge >= 0.3 is 0 Å². The van der Waals surface area contributed by atoms with Crippen molar-refractivity contribution in [1.82, 2.24) is 9.80 Å². The lowest BCUT2D eigenvalue weighted by molar-refractivity contribution is 0.138. The first-order valence-corrected chi connectivity index (χ1v) is 10.8. The molecular weight excluding hydrogens is 320 g/mol. The van der Waals surface area contributed by atoms with Crippen molar-refractivity contribution in [3.05, 3.63) is 10.7 Å². The molecule has 0 aromatic rings. The van der Waals surface area contributed by atoms with Gasteiger partial charge < -0.3 is 9.33 Å². The lowest BCUT2D eigenvalue weighted by Crippen LogP contribution is -2.46. The molecule has 0 bridgehead atoms. The van der Waals surface area contributed by atoms with Crippen molar-refractivity contribution in [3.63, 3.8) is 0 Å². The van der Waals surface area contributed by atoms with Crippen LogP contribution in [0.3, 0.4) is 0 Å². The average Bonchev–Trinajstić information content (AvgIpc) is 2.55. The first-order chi connectivity index (χ1) is 8.56. The summed E-state index contributed by atoms with van der Waals surface area (Å²) in [6, 6.07) is 0. The Labute approximate surface area is 128 Å². The number of hydrogen-bond donors (Lipinski definition) is 0. The average molecular weight is 349 g/mol. The zero-order valence-corrected chi connectivity index (χ0v) is 16.0. The van der Waals surface area contributed by atoms with Crippen LogP contribution in [0.2, 0.25) is 18.1 Å². The van der Waals surface area contributed by atoms with Crippen LogP contribution in [-0.2, 0) is 4.43 Å². The third-order valence-corrected chi connectivity index (χ3v) is 9.36. The minimum Gasteiger partial charge on any atom is -0.413 e. The second-order valence-corrected chi connectivity index (χ2v) is 12.4. The molecule has 0 aromatic heterocycles. The standard InChI is InChI=1S/C14H29BrN2OSi/c1-12(18-19(6,7)14(2,3)4)9-17-10-13(8-15)16(5)11-17/h8,12H,9-11H2,1-7H3/b13-8-. The van der Waals surface area contributed by atoms with Gasteiger partial charge in [-0.1, -0.05) is 36.7 Å². The highest BCUT2D eigenvalue weighted by Gasteiger charge is 2.38. The molecule has 1 unspecified atom stereocenters. The number of halogens is 1. The molecule has 1 heterocycles. The van der Waals surface area contributed by atoms with Gasteiger partial charge in [0.1, 0.15) is 0 Å². The van der Waals surface area contributed by atoms with Crippen LogP contribution in [-0.4, -0.2) is 51.0 Å². The highest BCUT2D eigenvalue weighted by atomic mass is 79.9. The molecule has 112 valence electrons. The zero-order chi connectivity index (χ0) is 14.8. The van der Waals surface area contributed by atoms with Crippen LogP contribution in [0, 0.1) is 0 Å². The normalized spacial score (nSPS) is 22.3. The van der Waals surface area contributed by atoms with Gasteiger partial charge in [0.15, 0.2) is 8.32 Å². The predicted molar refractivity (Wildman–Crippen MR) is 89.0 cm³/mol. The quantitative estimate of drug-likeness (QED) is 0.718. The Morgan fingerprint density at radius 1 is 1.42 bits per heavy atom. The molecule has 0 saturated carbocycles. The maximum absolute atomic E-state index is 6.42. The Morgan fingerprint density at radius 3 is 2.42 bits per heavy atom. The van der Waals surface area contributed by atoms with Gasteiger partial charge in [-0.15, -0.1) is 0 Å². The Kier molecular flexibility index (Phi) is 5.69. The van der Waals surface area contributed by atoms with E-state index in [-0.39, 0.29) is 5.04 Å². The minimum atomic E-state index is -1.65. The smallest absolute Gasteiger partial charge is 0.192 e. The highest BCUT2D eigenvalue weighted by molar-refractivity contribution is 9.11. The topological polar surface area (TPSA) is 15.7 Å². The van der Waals surface area contributed by atoms with Crippen molar-refractivity contribution in [2.45, 2.75) is 51.9 Å². The zero-order valence-electron chi connectivity index (χ0n) is 13.5. The molecule has 1 aliphatic heterocycles. The second kappa shape index (κ2) is 6.29.